The number of hydrogen-bond donors (Lipinski definition) is 2. The molecule has 0 bridgehead atoms. The zero-order valence-electron chi connectivity index (χ0n) is 10.4. The maximum atomic E-state index is 8.55. The molecule has 0 amide bonds. The van der Waals surface area contributed by atoms with Crippen molar-refractivity contribution in [2.75, 3.05) is 20.8 Å². The first kappa shape index (κ1) is 18.4. The molecular formula is C10H16BNaO7. The summed E-state index contributed by atoms with van der Waals surface area (Å²) in [5.74, 6) is 1.16. The van der Waals surface area contributed by atoms with Crippen LogP contribution in [0.1, 0.15) is 6.92 Å². The van der Waals surface area contributed by atoms with Gasteiger partial charge in [-0.05, 0) is 19.1 Å². The zero-order valence-corrected chi connectivity index (χ0v) is 10.4. The molecule has 0 aliphatic rings. The van der Waals surface area contributed by atoms with Gasteiger partial charge in [-0.2, -0.15) is 4.81 Å². The number of ether oxygens (including phenoxy) is 3. The number of rotatable bonds is 7. The van der Waals surface area contributed by atoms with E-state index < -0.39 is 7.32 Å². The Morgan fingerprint density at radius 3 is 2.05 bits per heavy atom. The van der Waals surface area contributed by atoms with E-state index in [1.807, 2.05) is 6.92 Å². The molecule has 0 radical (unpaired) electrons. The van der Waals surface area contributed by atoms with E-state index in [2.05, 4.69) is 4.81 Å². The van der Waals surface area contributed by atoms with Gasteiger partial charge < -0.3 is 29.1 Å². The maximum absolute atomic E-state index is 8.55. The predicted molar refractivity (Wildman–Crippen MR) is 69.8 cm³/mol. The first-order valence-electron chi connectivity index (χ1n) is 5.21. The van der Waals surface area contributed by atoms with Crippen molar-refractivity contribution in [1.29, 1.82) is 0 Å². The molecule has 1 rings (SSSR count). The van der Waals surface area contributed by atoms with E-state index in [1.54, 1.807) is 6.07 Å². The van der Waals surface area contributed by atoms with Crippen LogP contribution in [0.25, 0.3) is 0 Å². The van der Waals surface area contributed by atoms with Crippen LogP contribution in [0.5, 0.6) is 23.0 Å². The van der Waals surface area contributed by atoms with Crippen LogP contribution in [0.15, 0.2) is 12.1 Å². The van der Waals surface area contributed by atoms with Crippen LogP contribution in [0.4, 0.5) is 0 Å². The van der Waals surface area contributed by atoms with Gasteiger partial charge in [0.2, 0.25) is 17.2 Å². The normalized spacial score (nSPS) is 9.32. The summed E-state index contributed by atoms with van der Waals surface area (Å²) < 4.78 is 15.6. The molecule has 1 aromatic carbocycles. The van der Waals surface area contributed by atoms with Crippen molar-refractivity contribution < 1.29 is 34.0 Å². The third-order valence-electron chi connectivity index (χ3n) is 1.97. The first-order chi connectivity index (χ1) is 8.63. The van der Waals surface area contributed by atoms with Crippen molar-refractivity contribution in [3.05, 3.63) is 12.1 Å². The summed E-state index contributed by atoms with van der Waals surface area (Å²) in [6, 6.07) is 3.09. The average Bonchev–Trinajstić information content (AvgIpc) is 2.36. The van der Waals surface area contributed by atoms with Crippen molar-refractivity contribution in [2.24, 2.45) is 0 Å². The molecule has 0 aliphatic carbocycles. The third-order valence-corrected chi connectivity index (χ3v) is 1.97. The van der Waals surface area contributed by atoms with Crippen LogP contribution in [0, 0.1) is 0 Å². The van der Waals surface area contributed by atoms with Gasteiger partial charge in [-0.3, -0.25) is 0 Å². The van der Waals surface area contributed by atoms with E-state index in [0.717, 1.165) is 0 Å². The summed E-state index contributed by atoms with van der Waals surface area (Å²) in [4.78, 5) is 8.91. The summed E-state index contributed by atoms with van der Waals surface area (Å²) in [5.41, 5.74) is 0. The molecule has 0 unspecified atom stereocenters. The van der Waals surface area contributed by atoms with Gasteiger partial charge >= 0.3 is 36.9 Å². The van der Waals surface area contributed by atoms with Gasteiger partial charge in [-0.25, -0.2) is 0 Å². The SMILES string of the molecule is CCOc1ccc(OOB(O)O)c(OC)c1OC.[NaH]. The molecule has 0 spiro atoms. The monoisotopic (exact) mass is 282 g/mol. The molecule has 0 fully saturated rings. The minimum absolute atomic E-state index is 0. The third kappa shape index (κ3) is 5.10. The second-order valence-corrected chi connectivity index (χ2v) is 3.07. The minimum atomic E-state index is -2.05. The van der Waals surface area contributed by atoms with Crippen molar-refractivity contribution in [1.82, 2.24) is 0 Å². The molecule has 1 aromatic rings. The molecule has 0 saturated heterocycles. The summed E-state index contributed by atoms with van der Waals surface area (Å²) in [6.45, 7) is 2.30. The molecule has 19 heavy (non-hydrogen) atoms. The Morgan fingerprint density at radius 2 is 1.58 bits per heavy atom. The molecule has 0 atom stereocenters. The average molecular weight is 282 g/mol. The number of benzene rings is 1. The van der Waals surface area contributed by atoms with Crippen LogP contribution in [-0.4, -0.2) is 67.8 Å². The quantitative estimate of drug-likeness (QED) is 0.404. The van der Waals surface area contributed by atoms with Gasteiger partial charge in [0.25, 0.3) is 0 Å². The molecular weight excluding hydrogens is 266 g/mol. The topological polar surface area (TPSA) is 86.6 Å². The molecule has 0 aromatic heterocycles. The Hall–Kier alpha value is -0.635. The molecule has 0 heterocycles. The van der Waals surface area contributed by atoms with Gasteiger partial charge in [0.1, 0.15) is 0 Å². The fourth-order valence-corrected chi connectivity index (χ4v) is 1.34. The summed E-state index contributed by atoms with van der Waals surface area (Å²) in [6.07, 6.45) is 0. The van der Waals surface area contributed by atoms with Gasteiger partial charge in [-0.15, -0.1) is 0 Å². The number of hydrogen-bond acceptors (Lipinski definition) is 7. The standard InChI is InChI=1S/C10H15BO7.Na.H/c1-4-16-7-5-6-8(17-18-11(12)13)10(15-3)9(7)14-2;;/h5-6,12-13H,4H2,1-3H3;;. The van der Waals surface area contributed by atoms with Crippen LogP contribution in [0.2, 0.25) is 0 Å². The second-order valence-electron chi connectivity index (χ2n) is 3.07. The van der Waals surface area contributed by atoms with E-state index >= 15 is 0 Å². The Morgan fingerprint density at radius 1 is 1.05 bits per heavy atom. The molecule has 7 nitrogen and oxygen atoms in total. The Balaban J connectivity index is 0.00000324. The predicted octanol–water partition coefficient (Wildman–Crippen LogP) is -0.266. The van der Waals surface area contributed by atoms with Gasteiger partial charge in [0.05, 0.1) is 20.8 Å². The Labute approximate surface area is 133 Å². The first-order valence-corrected chi connectivity index (χ1v) is 5.21. The Bertz CT molecular complexity index is 388. The Kier molecular flexibility index (Phi) is 8.99. The van der Waals surface area contributed by atoms with Crippen molar-refractivity contribution in [2.45, 2.75) is 6.92 Å². The molecule has 2 N–H and O–H groups in total. The van der Waals surface area contributed by atoms with E-state index in [0.29, 0.717) is 18.1 Å². The van der Waals surface area contributed by atoms with Gasteiger partial charge in [-0.1, -0.05) is 0 Å². The summed E-state index contributed by atoms with van der Waals surface area (Å²) in [7, 11) is 0.814. The van der Waals surface area contributed by atoms with E-state index in [1.165, 1.54) is 20.3 Å². The van der Waals surface area contributed by atoms with Crippen molar-refractivity contribution in [3.63, 3.8) is 0 Å². The zero-order chi connectivity index (χ0) is 13.5. The van der Waals surface area contributed by atoms with E-state index in [4.69, 9.17) is 29.1 Å². The fraction of sp³-hybridized carbons (Fsp3) is 0.400. The van der Waals surface area contributed by atoms with Crippen LogP contribution in [0.3, 0.4) is 0 Å². The molecule has 0 aliphatic heterocycles. The molecule has 9 heteroatoms. The molecule has 102 valence electrons. The second kappa shape index (κ2) is 9.30. The van der Waals surface area contributed by atoms with Crippen LogP contribution >= 0.6 is 0 Å². The number of methoxy groups -OCH3 is 2. The fourth-order valence-electron chi connectivity index (χ4n) is 1.34. The van der Waals surface area contributed by atoms with Crippen molar-refractivity contribution in [3.8, 4) is 23.0 Å². The van der Waals surface area contributed by atoms with Gasteiger partial charge in [0, 0.05) is 0 Å². The van der Waals surface area contributed by atoms with Gasteiger partial charge in [0.15, 0.2) is 5.75 Å². The van der Waals surface area contributed by atoms with Crippen LogP contribution < -0.4 is 19.1 Å². The van der Waals surface area contributed by atoms with Crippen LogP contribution in [-0.2, 0) is 4.81 Å². The molecule has 0 saturated carbocycles. The van der Waals surface area contributed by atoms with E-state index in [9.17, 15) is 0 Å². The van der Waals surface area contributed by atoms with E-state index in [-0.39, 0.29) is 41.1 Å². The van der Waals surface area contributed by atoms with Crippen molar-refractivity contribution >= 4 is 36.9 Å². The summed E-state index contributed by atoms with van der Waals surface area (Å²) in [5, 5.41) is 17.1. The summed E-state index contributed by atoms with van der Waals surface area (Å²) >= 11 is 0.